The van der Waals surface area contributed by atoms with Crippen molar-refractivity contribution in [1.29, 1.82) is 0 Å². The fourth-order valence-electron chi connectivity index (χ4n) is 2.68. The monoisotopic (exact) mass is 252 g/mol. The van der Waals surface area contributed by atoms with E-state index in [0.717, 1.165) is 37.6 Å². The van der Waals surface area contributed by atoms with Gasteiger partial charge in [-0.15, -0.1) is 0 Å². The fraction of sp³-hybridized carbons (Fsp3) is 0.571. The SMILES string of the molecule is CC[C@@H](c1ccc(Cl)cc1C)N1CCNCC1. The molecule has 1 aliphatic rings. The van der Waals surface area contributed by atoms with Gasteiger partial charge in [-0.05, 0) is 36.6 Å². The van der Waals surface area contributed by atoms with Crippen LogP contribution in [0.1, 0.15) is 30.5 Å². The lowest BCUT2D eigenvalue weighted by Crippen LogP contribution is -2.45. The van der Waals surface area contributed by atoms with Crippen LogP contribution in [0.5, 0.6) is 0 Å². The summed E-state index contributed by atoms with van der Waals surface area (Å²) < 4.78 is 0. The van der Waals surface area contributed by atoms with Crippen molar-refractivity contribution in [3.63, 3.8) is 0 Å². The molecule has 1 aromatic rings. The van der Waals surface area contributed by atoms with Gasteiger partial charge >= 0.3 is 0 Å². The molecule has 0 bridgehead atoms. The van der Waals surface area contributed by atoms with E-state index in [2.05, 4.69) is 36.2 Å². The largest absolute Gasteiger partial charge is 0.314 e. The molecule has 0 aliphatic carbocycles. The van der Waals surface area contributed by atoms with Gasteiger partial charge in [-0.1, -0.05) is 24.6 Å². The highest BCUT2D eigenvalue weighted by atomic mass is 35.5. The van der Waals surface area contributed by atoms with Crippen LogP contribution in [0.4, 0.5) is 0 Å². The van der Waals surface area contributed by atoms with Gasteiger partial charge in [0.1, 0.15) is 0 Å². The maximum atomic E-state index is 6.03. The Bertz CT molecular complexity index is 372. The Labute approximate surface area is 109 Å². The first-order chi connectivity index (χ1) is 8.22. The first kappa shape index (κ1) is 12.9. The summed E-state index contributed by atoms with van der Waals surface area (Å²) in [5, 5.41) is 4.24. The Hall–Kier alpha value is -0.570. The highest BCUT2D eigenvalue weighted by Gasteiger charge is 2.21. The molecule has 1 aromatic carbocycles. The summed E-state index contributed by atoms with van der Waals surface area (Å²) in [5.74, 6) is 0. The second-order valence-electron chi connectivity index (χ2n) is 4.71. The molecule has 1 atom stereocenters. The Morgan fingerprint density at radius 3 is 2.65 bits per heavy atom. The van der Waals surface area contributed by atoms with Crippen molar-refractivity contribution in [3.05, 3.63) is 34.3 Å². The number of halogens is 1. The first-order valence-electron chi connectivity index (χ1n) is 6.43. The summed E-state index contributed by atoms with van der Waals surface area (Å²) >= 11 is 6.03. The van der Waals surface area contributed by atoms with Gasteiger partial charge in [-0.25, -0.2) is 0 Å². The molecular formula is C14H21ClN2. The van der Waals surface area contributed by atoms with Crippen LogP contribution in [0.25, 0.3) is 0 Å². The van der Waals surface area contributed by atoms with Crippen LogP contribution in [0.2, 0.25) is 5.02 Å². The third-order valence-electron chi connectivity index (χ3n) is 3.57. The smallest absolute Gasteiger partial charge is 0.0408 e. The van der Waals surface area contributed by atoms with Gasteiger partial charge in [0.25, 0.3) is 0 Å². The van der Waals surface area contributed by atoms with Gasteiger partial charge in [0.15, 0.2) is 0 Å². The molecule has 0 unspecified atom stereocenters. The third-order valence-corrected chi connectivity index (χ3v) is 3.81. The van der Waals surface area contributed by atoms with E-state index in [-0.39, 0.29) is 0 Å². The highest BCUT2D eigenvalue weighted by molar-refractivity contribution is 6.30. The van der Waals surface area contributed by atoms with Crippen molar-refractivity contribution in [1.82, 2.24) is 10.2 Å². The molecular weight excluding hydrogens is 232 g/mol. The van der Waals surface area contributed by atoms with Crippen LogP contribution in [-0.2, 0) is 0 Å². The second kappa shape index (κ2) is 5.85. The number of rotatable bonds is 3. The van der Waals surface area contributed by atoms with Gasteiger partial charge in [-0.3, -0.25) is 4.90 Å². The molecule has 0 saturated carbocycles. The Kier molecular flexibility index (Phi) is 4.43. The molecule has 2 nitrogen and oxygen atoms in total. The van der Waals surface area contributed by atoms with Gasteiger partial charge in [0, 0.05) is 37.2 Å². The lowest BCUT2D eigenvalue weighted by atomic mass is 9.97. The maximum Gasteiger partial charge on any atom is 0.0408 e. The number of piperazine rings is 1. The summed E-state index contributed by atoms with van der Waals surface area (Å²) in [4.78, 5) is 2.58. The van der Waals surface area contributed by atoms with Crippen molar-refractivity contribution < 1.29 is 0 Å². The van der Waals surface area contributed by atoms with Crippen LogP contribution < -0.4 is 5.32 Å². The molecule has 3 heteroatoms. The molecule has 0 amide bonds. The van der Waals surface area contributed by atoms with E-state index >= 15 is 0 Å². The maximum absolute atomic E-state index is 6.03. The summed E-state index contributed by atoms with van der Waals surface area (Å²) in [5.41, 5.74) is 2.74. The van der Waals surface area contributed by atoms with Crippen LogP contribution in [0.3, 0.4) is 0 Å². The lowest BCUT2D eigenvalue weighted by Gasteiger charge is -2.35. The van der Waals surface area contributed by atoms with Crippen molar-refractivity contribution in [3.8, 4) is 0 Å². The lowest BCUT2D eigenvalue weighted by molar-refractivity contribution is 0.169. The van der Waals surface area contributed by atoms with E-state index in [1.54, 1.807) is 0 Å². The summed E-state index contributed by atoms with van der Waals surface area (Å²) in [7, 11) is 0. The molecule has 1 saturated heterocycles. The predicted octanol–water partition coefficient (Wildman–Crippen LogP) is 3.00. The molecule has 1 N–H and O–H groups in total. The van der Waals surface area contributed by atoms with E-state index in [1.807, 2.05) is 6.07 Å². The van der Waals surface area contributed by atoms with Gasteiger partial charge in [0.05, 0.1) is 0 Å². The zero-order valence-electron chi connectivity index (χ0n) is 10.7. The minimum absolute atomic E-state index is 0.536. The van der Waals surface area contributed by atoms with Crippen LogP contribution in [0, 0.1) is 6.92 Å². The molecule has 0 aromatic heterocycles. The fourth-order valence-corrected chi connectivity index (χ4v) is 2.91. The van der Waals surface area contributed by atoms with Crippen molar-refractivity contribution >= 4 is 11.6 Å². The summed E-state index contributed by atoms with van der Waals surface area (Å²) in [6, 6.07) is 6.80. The van der Waals surface area contributed by atoms with Crippen LogP contribution in [-0.4, -0.2) is 31.1 Å². The van der Waals surface area contributed by atoms with Crippen molar-refractivity contribution in [2.75, 3.05) is 26.2 Å². The van der Waals surface area contributed by atoms with E-state index < -0.39 is 0 Å². The Balaban J connectivity index is 2.21. The molecule has 0 radical (unpaired) electrons. The normalized spacial score (nSPS) is 19.2. The van der Waals surface area contributed by atoms with E-state index in [1.165, 1.54) is 11.1 Å². The average Bonchev–Trinajstić information content (AvgIpc) is 2.34. The van der Waals surface area contributed by atoms with Crippen LogP contribution in [0.15, 0.2) is 18.2 Å². The van der Waals surface area contributed by atoms with E-state index in [9.17, 15) is 0 Å². The third kappa shape index (κ3) is 3.01. The topological polar surface area (TPSA) is 15.3 Å². The highest BCUT2D eigenvalue weighted by Crippen LogP contribution is 2.28. The first-order valence-corrected chi connectivity index (χ1v) is 6.81. The zero-order valence-corrected chi connectivity index (χ0v) is 11.4. The quantitative estimate of drug-likeness (QED) is 0.890. The molecule has 1 heterocycles. The minimum atomic E-state index is 0.536. The van der Waals surface area contributed by atoms with Gasteiger partial charge in [-0.2, -0.15) is 0 Å². The predicted molar refractivity (Wildman–Crippen MR) is 73.7 cm³/mol. The Morgan fingerprint density at radius 1 is 1.35 bits per heavy atom. The number of nitrogens with one attached hydrogen (secondary N) is 1. The zero-order chi connectivity index (χ0) is 12.3. The Morgan fingerprint density at radius 2 is 2.06 bits per heavy atom. The molecule has 94 valence electrons. The molecule has 1 fully saturated rings. The molecule has 0 spiro atoms. The summed E-state index contributed by atoms with van der Waals surface area (Å²) in [6.07, 6.45) is 1.16. The van der Waals surface area contributed by atoms with Crippen LogP contribution >= 0.6 is 11.6 Å². The number of hydrogen-bond acceptors (Lipinski definition) is 2. The second-order valence-corrected chi connectivity index (χ2v) is 5.15. The minimum Gasteiger partial charge on any atom is -0.314 e. The van der Waals surface area contributed by atoms with E-state index in [4.69, 9.17) is 11.6 Å². The summed E-state index contributed by atoms with van der Waals surface area (Å²) in [6.45, 7) is 8.90. The van der Waals surface area contributed by atoms with Crippen molar-refractivity contribution in [2.24, 2.45) is 0 Å². The molecule has 2 rings (SSSR count). The van der Waals surface area contributed by atoms with Gasteiger partial charge in [0.2, 0.25) is 0 Å². The number of aryl methyl sites for hydroxylation is 1. The molecule has 17 heavy (non-hydrogen) atoms. The molecule has 1 aliphatic heterocycles. The average molecular weight is 253 g/mol. The van der Waals surface area contributed by atoms with Crippen molar-refractivity contribution in [2.45, 2.75) is 26.3 Å². The number of hydrogen-bond donors (Lipinski definition) is 1. The van der Waals surface area contributed by atoms with Gasteiger partial charge < -0.3 is 5.32 Å². The standard InChI is InChI=1S/C14H21ClN2/c1-3-14(17-8-6-16-7-9-17)13-5-4-12(15)10-11(13)2/h4-5,10,14,16H,3,6-9H2,1-2H3/t14-/m0/s1. The number of nitrogens with zero attached hydrogens (tertiary/aromatic N) is 1. The van der Waals surface area contributed by atoms with E-state index in [0.29, 0.717) is 6.04 Å². The number of benzene rings is 1.